The number of nitrogens with one attached hydrogen (secondary N) is 1. The van der Waals surface area contributed by atoms with Gasteiger partial charge < -0.3 is 10.1 Å². The summed E-state index contributed by atoms with van der Waals surface area (Å²) in [6.07, 6.45) is 0.468. The minimum atomic E-state index is -3.77. The number of amides is 1. The Labute approximate surface area is 196 Å². The maximum absolute atomic E-state index is 13.2. The number of primary sulfonamides is 1. The Bertz CT molecular complexity index is 1290. The molecular formula is C22H26N4O5S2. The molecule has 33 heavy (non-hydrogen) atoms. The van der Waals surface area contributed by atoms with E-state index in [1.165, 1.54) is 23.9 Å². The van der Waals surface area contributed by atoms with Crippen molar-refractivity contribution in [3.8, 4) is 0 Å². The Kier molecular flexibility index (Phi) is 8.25. The van der Waals surface area contributed by atoms with Crippen molar-refractivity contribution < 1.29 is 17.9 Å². The Balaban J connectivity index is 1.82. The number of carbonyl (C=O) groups is 1. The number of ether oxygens (including phenoxy) is 1. The molecule has 0 aliphatic carbocycles. The van der Waals surface area contributed by atoms with Gasteiger partial charge in [-0.1, -0.05) is 36.0 Å². The fraction of sp³-hybridized carbons (Fsp3) is 0.318. The average Bonchev–Trinajstić information content (AvgIpc) is 2.77. The van der Waals surface area contributed by atoms with Crippen molar-refractivity contribution in [2.24, 2.45) is 5.14 Å². The SMILES string of the molecule is COC[C@@H](C)NC(=O)CSc1nc2ccccc2c(=O)n1CCc1ccc(S(N)(=O)=O)cc1. The van der Waals surface area contributed by atoms with Crippen molar-refractivity contribution in [3.05, 3.63) is 64.4 Å². The van der Waals surface area contributed by atoms with E-state index in [0.29, 0.717) is 35.6 Å². The van der Waals surface area contributed by atoms with Crippen LogP contribution in [0.4, 0.5) is 0 Å². The normalized spacial score (nSPS) is 12.6. The van der Waals surface area contributed by atoms with Crippen LogP contribution < -0.4 is 16.0 Å². The maximum Gasteiger partial charge on any atom is 0.262 e. The number of para-hydroxylation sites is 1. The first kappa shape index (κ1) is 24.9. The Morgan fingerprint density at radius 3 is 2.58 bits per heavy atom. The lowest BCUT2D eigenvalue weighted by Gasteiger charge is -2.15. The molecule has 0 unspecified atom stereocenters. The molecular weight excluding hydrogens is 464 g/mol. The van der Waals surface area contributed by atoms with E-state index in [0.717, 1.165) is 5.56 Å². The molecule has 3 aromatic rings. The summed E-state index contributed by atoms with van der Waals surface area (Å²) in [5, 5.41) is 8.91. The molecule has 3 rings (SSSR count). The van der Waals surface area contributed by atoms with Crippen molar-refractivity contribution in [3.63, 3.8) is 0 Å². The molecule has 0 aliphatic heterocycles. The molecule has 0 spiro atoms. The zero-order valence-electron chi connectivity index (χ0n) is 18.4. The smallest absolute Gasteiger partial charge is 0.262 e. The Morgan fingerprint density at radius 2 is 1.91 bits per heavy atom. The first-order valence-corrected chi connectivity index (χ1v) is 12.7. The number of methoxy groups -OCH3 is 1. The fourth-order valence-corrected chi connectivity index (χ4v) is 4.63. The van der Waals surface area contributed by atoms with E-state index < -0.39 is 10.0 Å². The van der Waals surface area contributed by atoms with Crippen molar-refractivity contribution >= 4 is 38.6 Å². The third kappa shape index (κ3) is 6.64. The van der Waals surface area contributed by atoms with E-state index in [2.05, 4.69) is 10.3 Å². The summed E-state index contributed by atoms with van der Waals surface area (Å²) in [5.41, 5.74) is 1.20. The van der Waals surface area contributed by atoms with Crippen LogP contribution in [-0.4, -0.2) is 49.4 Å². The van der Waals surface area contributed by atoms with Gasteiger partial charge in [0.1, 0.15) is 0 Å². The molecule has 1 aromatic heterocycles. The number of hydrogen-bond acceptors (Lipinski definition) is 7. The summed E-state index contributed by atoms with van der Waals surface area (Å²) in [7, 11) is -2.20. The molecule has 1 heterocycles. The Hall–Kier alpha value is -2.73. The standard InChI is InChI=1S/C22H26N4O5S2/c1-15(13-31-2)24-20(27)14-32-22-25-19-6-4-3-5-18(19)21(28)26(22)12-11-16-7-9-17(10-8-16)33(23,29)30/h3-10,15H,11-14H2,1-2H3,(H,24,27)(H2,23,29,30)/t15-/m1/s1. The van der Waals surface area contributed by atoms with Gasteiger partial charge in [0.2, 0.25) is 15.9 Å². The third-order valence-electron chi connectivity index (χ3n) is 4.86. The van der Waals surface area contributed by atoms with E-state index >= 15 is 0 Å². The van der Waals surface area contributed by atoms with Crippen LogP contribution in [-0.2, 0) is 32.5 Å². The van der Waals surface area contributed by atoms with Crippen molar-refractivity contribution in [2.45, 2.75) is 36.0 Å². The number of nitrogens with two attached hydrogens (primary N) is 1. The van der Waals surface area contributed by atoms with Gasteiger partial charge in [-0.25, -0.2) is 18.5 Å². The van der Waals surface area contributed by atoms with E-state index in [1.54, 1.807) is 48.1 Å². The summed E-state index contributed by atoms with van der Waals surface area (Å²) in [6, 6.07) is 13.1. The second-order valence-corrected chi connectivity index (χ2v) is 10.0. The predicted octanol–water partition coefficient (Wildman–Crippen LogP) is 1.53. The summed E-state index contributed by atoms with van der Waals surface area (Å²) < 4.78 is 29.5. The average molecular weight is 491 g/mol. The van der Waals surface area contributed by atoms with Crippen molar-refractivity contribution in [1.29, 1.82) is 0 Å². The topological polar surface area (TPSA) is 133 Å². The molecule has 176 valence electrons. The highest BCUT2D eigenvalue weighted by Crippen LogP contribution is 2.19. The zero-order valence-corrected chi connectivity index (χ0v) is 20.0. The molecule has 1 amide bonds. The number of benzene rings is 2. The second kappa shape index (κ2) is 10.9. The van der Waals surface area contributed by atoms with Gasteiger partial charge in [0.25, 0.3) is 5.56 Å². The van der Waals surface area contributed by atoms with Crippen LogP contribution in [0.3, 0.4) is 0 Å². The molecule has 0 radical (unpaired) electrons. The molecule has 0 saturated carbocycles. The lowest BCUT2D eigenvalue weighted by molar-refractivity contribution is -0.119. The fourth-order valence-electron chi connectivity index (χ4n) is 3.28. The molecule has 0 saturated heterocycles. The molecule has 11 heteroatoms. The highest BCUT2D eigenvalue weighted by atomic mass is 32.2. The number of thioether (sulfide) groups is 1. The number of aryl methyl sites for hydroxylation is 1. The Morgan fingerprint density at radius 1 is 1.21 bits per heavy atom. The number of aromatic nitrogens is 2. The van der Waals surface area contributed by atoms with E-state index in [1.807, 2.05) is 6.92 Å². The van der Waals surface area contributed by atoms with Gasteiger partial charge in [-0.15, -0.1) is 0 Å². The number of rotatable bonds is 10. The van der Waals surface area contributed by atoms with Gasteiger partial charge in [-0.2, -0.15) is 0 Å². The van der Waals surface area contributed by atoms with Crippen LogP contribution in [0.15, 0.2) is 63.4 Å². The molecule has 1 atom stereocenters. The van der Waals surface area contributed by atoms with Gasteiger partial charge in [0.15, 0.2) is 5.16 Å². The summed E-state index contributed by atoms with van der Waals surface area (Å²) in [6.45, 7) is 2.56. The lowest BCUT2D eigenvalue weighted by Crippen LogP contribution is -2.36. The number of nitrogens with zero attached hydrogens (tertiary/aromatic N) is 2. The molecule has 2 aromatic carbocycles. The first-order valence-electron chi connectivity index (χ1n) is 10.2. The highest BCUT2D eigenvalue weighted by Gasteiger charge is 2.15. The van der Waals surface area contributed by atoms with Crippen LogP contribution in [0.1, 0.15) is 12.5 Å². The van der Waals surface area contributed by atoms with E-state index in [-0.39, 0.29) is 28.2 Å². The van der Waals surface area contributed by atoms with Crippen molar-refractivity contribution in [2.75, 3.05) is 19.5 Å². The quantitative estimate of drug-likeness (QED) is 0.325. The van der Waals surface area contributed by atoms with Gasteiger partial charge in [-0.05, 0) is 43.2 Å². The van der Waals surface area contributed by atoms with E-state index in [9.17, 15) is 18.0 Å². The number of fused-ring (bicyclic) bond motifs is 1. The summed E-state index contributed by atoms with van der Waals surface area (Å²) in [5.74, 6) is -0.0842. The number of hydrogen-bond donors (Lipinski definition) is 2. The summed E-state index contributed by atoms with van der Waals surface area (Å²) in [4.78, 5) is 30.1. The number of carbonyl (C=O) groups excluding carboxylic acids is 1. The maximum atomic E-state index is 13.2. The largest absolute Gasteiger partial charge is 0.383 e. The molecule has 0 bridgehead atoms. The van der Waals surface area contributed by atoms with Gasteiger partial charge in [0.05, 0.1) is 28.2 Å². The zero-order chi connectivity index (χ0) is 24.0. The summed E-state index contributed by atoms with van der Waals surface area (Å²) >= 11 is 1.19. The lowest BCUT2D eigenvalue weighted by atomic mass is 10.1. The second-order valence-electron chi connectivity index (χ2n) is 7.52. The minimum absolute atomic E-state index is 0.0285. The van der Waals surface area contributed by atoms with Crippen LogP contribution in [0, 0.1) is 0 Å². The number of sulfonamides is 1. The van der Waals surface area contributed by atoms with Crippen LogP contribution >= 0.6 is 11.8 Å². The molecule has 3 N–H and O–H groups in total. The van der Waals surface area contributed by atoms with E-state index in [4.69, 9.17) is 9.88 Å². The molecule has 9 nitrogen and oxygen atoms in total. The van der Waals surface area contributed by atoms with Crippen LogP contribution in [0.25, 0.3) is 10.9 Å². The predicted molar refractivity (Wildman–Crippen MR) is 128 cm³/mol. The van der Waals surface area contributed by atoms with Gasteiger partial charge >= 0.3 is 0 Å². The highest BCUT2D eigenvalue weighted by molar-refractivity contribution is 7.99. The van der Waals surface area contributed by atoms with Crippen LogP contribution in [0.5, 0.6) is 0 Å². The monoisotopic (exact) mass is 490 g/mol. The minimum Gasteiger partial charge on any atom is -0.383 e. The van der Waals surface area contributed by atoms with Crippen molar-refractivity contribution in [1.82, 2.24) is 14.9 Å². The first-order chi connectivity index (χ1) is 15.7. The third-order valence-corrected chi connectivity index (χ3v) is 6.76. The van der Waals surface area contributed by atoms with Gasteiger partial charge in [-0.3, -0.25) is 14.2 Å². The van der Waals surface area contributed by atoms with Gasteiger partial charge in [0, 0.05) is 19.7 Å². The van der Waals surface area contributed by atoms with Crippen LogP contribution in [0.2, 0.25) is 0 Å². The molecule has 0 aliphatic rings. The molecule has 0 fully saturated rings.